The van der Waals surface area contributed by atoms with Crippen LogP contribution in [0.25, 0.3) is 0 Å². The zero-order chi connectivity index (χ0) is 15.8. The molecule has 21 heavy (non-hydrogen) atoms. The third-order valence-corrected chi connectivity index (χ3v) is 3.70. The second kappa shape index (κ2) is 8.74. The lowest BCUT2D eigenvalue weighted by molar-refractivity contribution is 0.114. The van der Waals surface area contributed by atoms with Gasteiger partial charge in [-0.2, -0.15) is 0 Å². The van der Waals surface area contributed by atoms with Gasteiger partial charge in [-0.3, -0.25) is 0 Å². The van der Waals surface area contributed by atoms with Crippen molar-refractivity contribution in [2.45, 2.75) is 32.9 Å². The molecule has 5 nitrogen and oxygen atoms in total. The summed E-state index contributed by atoms with van der Waals surface area (Å²) in [6.45, 7) is 4.51. The number of aliphatic hydroxyl groups is 1. The highest BCUT2D eigenvalue weighted by Crippen LogP contribution is 2.22. The molecule has 3 N–H and O–H groups in total. The number of benzene rings is 1. The fraction of sp³-hybridized carbons (Fsp3) is 0.533. The van der Waals surface area contributed by atoms with Gasteiger partial charge in [0.2, 0.25) is 0 Å². The fourth-order valence-corrected chi connectivity index (χ4v) is 1.94. The van der Waals surface area contributed by atoms with Crippen LogP contribution in [0.1, 0.15) is 25.8 Å². The Hall–Kier alpha value is -1.46. The van der Waals surface area contributed by atoms with E-state index in [1.807, 2.05) is 13.8 Å². The van der Waals surface area contributed by atoms with Gasteiger partial charge in [0, 0.05) is 23.7 Å². The molecule has 0 aliphatic carbocycles. The first-order valence-electron chi connectivity index (χ1n) is 7.00. The van der Waals surface area contributed by atoms with E-state index in [1.165, 1.54) is 0 Å². The maximum atomic E-state index is 11.7. The van der Waals surface area contributed by atoms with Crippen molar-refractivity contribution in [1.29, 1.82) is 0 Å². The molecular weight excluding hydrogens is 292 g/mol. The summed E-state index contributed by atoms with van der Waals surface area (Å²) >= 11 is 5.88. The molecule has 1 aromatic rings. The van der Waals surface area contributed by atoms with Crippen LogP contribution in [0, 0.1) is 5.92 Å². The molecule has 2 amide bonds. The molecule has 1 rings (SSSR count). The van der Waals surface area contributed by atoms with E-state index in [0.29, 0.717) is 17.3 Å². The second-order valence-corrected chi connectivity index (χ2v) is 5.41. The van der Waals surface area contributed by atoms with Crippen LogP contribution >= 0.6 is 11.6 Å². The van der Waals surface area contributed by atoms with Gasteiger partial charge in [0.1, 0.15) is 5.75 Å². The number of hydrogen-bond donors (Lipinski definition) is 3. The van der Waals surface area contributed by atoms with Crippen molar-refractivity contribution >= 4 is 17.6 Å². The minimum Gasteiger partial charge on any atom is -0.496 e. The predicted octanol–water partition coefficient (Wildman–Crippen LogP) is 2.55. The Morgan fingerprint density at radius 3 is 2.76 bits per heavy atom. The molecule has 0 saturated carbocycles. The molecule has 118 valence electrons. The van der Waals surface area contributed by atoms with Gasteiger partial charge >= 0.3 is 6.03 Å². The maximum Gasteiger partial charge on any atom is 0.315 e. The minimum absolute atomic E-state index is 0.154. The predicted molar refractivity (Wildman–Crippen MR) is 83.7 cm³/mol. The number of amides is 2. The fourth-order valence-electron chi connectivity index (χ4n) is 1.77. The summed E-state index contributed by atoms with van der Waals surface area (Å²) in [6.07, 6.45) is 0.331. The standard InChI is InChI=1S/C15H23ClN2O3/c1-4-10(2)13(19)9-18-15(20)17-8-11-5-6-12(16)7-14(11)21-3/h5-7,10,13,19H,4,8-9H2,1-3H3,(H2,17,18,20). The Balaban J connectivity index is 2.43. The first-order chi connectivity index (χ1) is 9.97. The number of urea groups is 1. The Morgan fingerprint density at radius 1 is 1.43 bits per heavy atom. The van der Waals surface area contributed by atoms with Gasteiger partial charge in [0.25, 0.3) is 0 Å². The van der Waals surface area contributed by atoms with E-state index in [9.17, 15) is 9.90 Å². The highest BCUT2D eigenvalue weighted by atomic mass is 35.5. The summed E-state index contributed by atoms with van der Waals surface area (Å²) in [5.41, 5.74) is 0.833. The van der Waals surface area contributed by atoms with E-state index in [4.69, 9.17) is 16.3 Å². The number of carbonyl (C=O) groups excluding carboxylic acids is 1. The van der Waals surface area contributed by atoms with Gasteiger partial charge in [-0.15, -0.1) is 0 Å². The molecule has 2 unspecified atom stereocenters. The molecule has 1 aromatic carbocycles. The molecule has 0 aromatic heterocycles. The molecular formula is C15H23ClN2O3. The first-order valence-corrected chi connectivity index (χ1v) is 7.37. The number of halogens is 1. The molecule has 0 bridgehead atoms. The first kappa shape index (κ1) is 17.6. The third kappa shape index (κ3) is 5.81. The summed E-state index contributed by atoms with van der Waals surface area (Å²) in [7, 11) is 1.55. The topological polar surface area (TPSA) is 70.6 Å². The number of carbonyl (C=O) groups is 1. The highest BCUT2D eigenvalue weighted by molar-refractivity contribution is 6.30. The largest absolute Gasteiger partial charge is 0.496 e. The maximum absolute atomic E-state index is 11.7. The Kier molecular flexibility index (Phi) is 7.32. The van der Waals surface area contributed by atoms with Crippen LogP contribution in [0.5, 0.6) is 5.75 Å². The smallest absolute Gasteiger partial charge is 0.315 e. The van der Waals surface area contributed by atoms with Crippen molar-refractivity contribution < 1.29 is 14.6 Å². The molecule has 0 saturated heterocycles. The van der Waals surface area contributed by atoms with E-state index in [1.54, 1.807) is 25.3 Å². The van der Waals surface area contributed by atoms with E-state index >= 15 is 0 Å². The zero-order valence-electron chi connectivity index (χ0n) is 12.6. The van der Waals surface area contributed by atoms with Crippen LogP contribution < -0.4 is 15.4 Å². The van der Waals surface area contributed by atoms with Gasteiger partial charge in [-0.05, 0) is 18.1 Å². The number of ether oxygens (including phenoxy) is 1. The van der Waals surface area contributed by atoms with Gasteiger partial charge in [0.15, 0.2) is 0 Å². The summed E-state index contributed by atoms with van der Waals surface area (Å²) < 4.78 is 5.21. The third-order valence-electron chi connectivity index (χ3n) is 3.46. The van der Waals surface area contributed by atoms with E-state index in [0.717, 1.165) is 12.0 Å². The Labute approximate surface area is 130 Å². The number of aliphatic hydroxyl groups excluding tert-OH is 1. The lowest BCUT2D eigenvalue weighted by Crippen LogP contribution is -2.41. The van der Waals surface area contributed by atoms with Crippen LogP contribution in [0.15, 0.2) is 18.2 Å². The zero-order valence-corrected chi connectivity index (χ0v) is 13.4. The van der Waals surface area contributed by atoms with Gasteiger partial charge in [0.05, 0.1) is 13.2 Å². The van der Waals surface area contributed by atoms with Gasteiger partial charge in [-0.25, -0.2) is 4.79 Å². The van der Waals surface area contributed by atoms with Crippen molar-refractivity contribution in [2.24, 2.45) is 5.92 Å². The van der Waals surface area contributed by atoms with Crippen LogP contribution in [-0.2, 0) is 6.54 Å². The lowest BCUT2D eigenvalue weighted by atomic mass is 10.0. The van der Waals surface area contributed by atoms with Gasteiger partial charge in [-0.1, -0.05) is 37.9 Å². The molecule has 0 heterocycles. The SMILES string of the molecule is CCC(C)C(O)CNC(=O)NCc1ccc(Cl)cc1OC. The number of hydrogen-bond acceptors (Lipinski definition) is 3. The molecule has 0 aliphatic rings. The lowest BCUT2D eigenvalue weighted by Gasteiger charge is -2.18. The molecule has 2 atom stereocenters. The number of rotatable bonds is 7. The summed E-state index contributed by atoms with van der Waals surface area (Å²) in [5, 5.41) is 15.7. The average Bonchev–Trinajstić information content (AvgIpc) is 2.50. The molecule has 0 radical (unpaired) electrons. The Bertz CT molecular complexity index is 468. The molecule has 0 fully saturated rings. The summed E-state index contributed by atoms with van der Waals surface area (Å²) in [5.74, 6) is 0.782. The molecule has 0 aliphatic heterocycles. The van der Waals surface area contributed by atoms with E-state index in [-0.39, 0.29) is 18.5 Å². The van der Waals surface area contributed by atoms with Crippen LogP contribution in [-0.4, -0.2) is 30.9 Å². The highest BCUT2D eigenvalue weighted by Gasteiger charge is 2.13. The van der Waals surface area contributed by atoms with Crippen molar-refractivity contribution in [3.63, 3.8) is 0 Å². The van der Waals surface area contributed by atoms with Crippen molar-refractivity contribution in [1.82, 2.24) is 10.6 Å². The summed E-state index contributed by atoms with van der Waals surface area (Å²) in [6, 6.07) is 4.92. The Morgan fingerprint density at radius 2 is 2.14 bits per heavy atom. The van der Waals surface area contributed by atoms with Gasteiger partial charge < -0.3 is 20.5 Å². The average molecular weight is 315 g/mol. The minimum atomic E-state index is -0.536. The van der Waals surface area contributed by atoms with Crippen LogP contribution in [0.2, 0.25) is 5.02 Å². The normalized spacial score (nSPS) is 13.4. The van der Waals surface area contributed by atoms with E-state index in [2.05, 4.69) is 10.6 Å². The quantitative estimate of drug-likeness (QED) is 0.724. The van der Waals surface area contributed by atoms with E-state index < -0.39 is 6.10 Å². The van der Waals surface area contributed by atoms with Crippen LogP contribution in [0.3, 0.4) is 0 Å². The number of methoxy groups -OCH3 is 1. The monoisotopic (exact) mass is 314 g/mol. The second-order valence-electron chi connectivity index (χ2n) is 4.97. The summed E-state index contributed by atoms with van der Waals surface area (Å²) in [4.78, 5) is 11.7. The molecule has 6 heteroatoms. The van der Waals surface area contributed by atoms with Crippen LogP contribution in [0.4, 0.5) is 4.79 Å². The van der Waals surface area contributed by atoms with Crippen molar-refractivity contribution in [2.75, 3.05) is 13.7 Å². The van der Waals surface area contributed by atoms with Crippen molar-refractivity contribution in [3.8, 4) is 5.75 Å². The number of nitrogens with one attached hydrogen (secondary N) is 2. The molecule has 0 spiro atoms. The van der Waals surface area contributed by atoms with Crippen molar-refractivity contribution in [3.05, 3.63) is 28.8 Å².